The summed E-state index contributed by atoms with van der Waals surface area (Å²) < 4.78 is 9.93. The fourth-order valence-corrected chi connectivity index (χ4v) is 1.35. The molecule has 1 unspecified atom stereocenters. The molecule has 0 aliphatic rings. The summed E-state index contributed by atoms with van der Waals surface area (Å²) in [7, 11) is 0. The Morgan fingerprint density at radius 1 is 1.62 bits per heavy atom. The molecule has 0 fully saturated rings. The molecule has 5 heteroatoms. The Bertz CT molecular complexity index is 336. The van der Waals surface area contributed by atoms with Gasteiger partial charge in [0.25, 0.3) is 6.01 Å². The molecule has 16 heavy (non-hydrogen) atoms. The molecule has 1 atom stereocenters. The minimum absolute atomic E-state index is 0.202. The second-order valence-corrected chi connectivity index (χ2v) is 3.59. The first-order valence-electron chi connectivity index (χ1n) is 5.56. The largest absolute Gasteiger partial charge is 0.461 e. The number of oxazole rings is 1. The van der Waals surface area contributed by atoms with Crippen LogP contribution in [0, 0.1) is 0 Å². The number of anilines is 1. The Morgan fingerprint density at radius 2 is 2.38 bits per heavy atom. The van der Waals surface area contributed by atoms with Crippen molar-refractivity contribution in [3.63, 3.8) is 0 Å². The molecule has 0 bridgehead atoms. The first-order valence-corrected chi connectivity index (χ1v) is 5.56. The van der Waals surface area contributed by atoms with Crippen molar-refractivity contribution >= 4 is 12.0 Å². The molecular formula is C11H18N2O3. The molecule has 1 heterocycles. The van der Waals surface area contributed by atoms with Crippen molar-refractivity contribution in [1.29, 1.82) is 0 Å². The highest BCUT2D eigenvalue weighted by Gasteiger charge is 2.13. The van der Waals surface area contributed by atoms with Crippen molar-refractivity contribution < 1.29 is 13.9 Å². The minimum atomic E-state index is -0.456. The second kappa shape index (κ2) is 6.15. The van der Waals surface area contributed by atoms with Gasteiger partial charge in [0.2, 0.25) is 0 Å². The molecule has 0 aromatic carbocycles. The topological polar surface area (TPSA) is 64.4 Å². The Morgan fingerprint density at radius 3 is 3.00 bits per heavy atom. The molecule has 0 aliphatic carbocycles. The average Bonchev–Trinajstić information content (AvgIpc) is 2.67. The summed E-state index contributed by atoms with van der Waals surface area (Å²) in [5, 5.41) is 3.07. The highest BCUT2D eigenvalue weighted by atomic mass is 16.5. The van der Waals surface area contributed by atoms with Crippen molar-refractivity contribution in [3.8, 4) is 0 Å². The lowest BCUT2D eigenvalue weighted by molar-refractivity contribution is 0.0519. The average molecular weight is 226 g/mol. The highest BCUT2D eigenvalue weighted by Crippen LogP contribution is 2.11. The fraction of sp³-hybridized carbons (Fsp3) is 0.636. The monoisotopic (exact) mass is 226 g/mol. The number of aromatic nitrogens is 1. The van der Waals surface area contributed by atoms with Crippen molar-refractivity contribution in [2.45, 2.75) is 39.7 Å². The molecule has 0 saturated heterocycles. The summed E-state index contributed by atoms with van der Waals surface area (Å²) in [5.41, 5.74) is 0.202. The number of carbonyl (C=O) groups is 1. The number of ether oxygens (including phenoxy) is 1. The molecule has 0 aliphatic heterocycles. The first kappa shape index (κ1) is 12.5. The number of esters is 1. The number of nitrogens with zero attached hydrogens (tertiary/aromatic N) is 1. The molecule has 0 spiro atoms. The van der Waals surface area contributed by atoms with Gasteiger partial charge in [0.05, 0.1) is 6.61 Å². The van der Waals surface area contributed by atoms with E-state index in [1.54, 1.807) is 6.92 Å². The van der Waals surface area contributed by atoms with E-state index < -0.39 is 5.97 Å². The summed E-state index contributed by atoms with van der Waals surface area (Å²) in [5.74, 6) is -0.456. The van der Waals surface area contributed by atoms with E-state index in [1.807, 2.05) is 6.92 Å². The number of nitrogens with one attached hydrogen (secondary N) is 1. The van der Waals surface area contributed by atoms with Crippen molar-refractivity contribution in [1.82, 2.24) is 4.98 Å². The Kier molecular flexibility index (Phi) is 4.82. The zero-order valence-electron chi connectivity index (χ0n) is 9.95. The van der Waals surface area contributed by atoms with Gasteiger partial charge in [-0.25, -0.2) is 4.79 Å². The maximum atomic E-state index is 11.3. The SMILES string of the molecule is CCCC(C)Nc1nc(C(=O)OCC)co1. The lowest BCUT2D eigenvalue weighted by atomic mass is 10.2. The molecular weight excluding hydrogens is 208 g/mol. The van der Waals surface area contributed by atoms with E-state index >= 15 is 0 Å². The van der Waals surface area contributed by atoms with E-state index in [1.165, 1.54) is 6.26 Å². The van der Waals surface area contributed by atoms with Crippen LogP contribution < -0.4 is 5.32 Å². The van der Waals surface area contributed by atoms with Crippen LogP contribution in [-0.4, -0.2) is 23.6 Å². The molecule has 1 aromatic heterocycles. The van der Waals surface area contributed by atoms with Gasteiger partial charge in [0.1, 0.15) is 6.26 Å². The smallest absolute Gasteiger partial charge is 0.360 e. The summed E-state index contributed by atoms with van der Waals surface area (Å²) in [6, 6.07) is 0.641. The molecule has 0 amide bonds. The van der Waals surface area contributed by atoms with Crippen molar-refractivity contribution in [3.05, 3.63) is 12.0 Å². The first-order chi connectivity index (χ1) is 7.67. The van der Waals surface area contributed by atoms with Gasteiger partial charge >= 0.3 is 5.97 Å². The van der Waals surface area contributed by atoms with Crippen LogP contribution in [0.15, 0.2) is 10.7 Å². The highest BCUT2D eigenvalue weighted by molar-refractivity contribution is 5.87. The van der Waals surface area contributed by atoms with Crippen LogP contribution in [-0.2, 0) is 4.74 Å². The van der Waals surface area contributed by atoms with E-state index in [-0.39, 0.29) is 11.7 Å². The molecule has 90 valence electrons. The molecule has 5 nitrogen and oxygen atoms in total. The summed E-state index contributed by atoms with van der Waals surface area (Å²) in [6.45, 7) is 6.23. The van der Waals surface area contributed by atoms with Crippen LogP contribution in [0.1, 0.15) is 44.1 Å². The lowest BCUT2D eigenvalue weighted by Crippen LogP contribution is -2.15. The maximum absolute atomic E-state index is 11.3. The molecule has 1 rings (SSSR count). The third kappa shape index (κ3) is 3.56. The zero-order chi connectivity index (χ0) is 12.0. The Hall–Kier alpha value is -1.52. The molecule has 0 radical (unpaired) electrons. The van der Waals surface area contributed by atoms with Gasteiger partial charge in [-0.15, -0.1) is 0 Å². The fourth-order valence-electron chi connectivity index (χ4n) is 1.35. The van der Waals surface area contributed by atoms with Crippen LogP contribution in [0.25, 0.3) is 0 Å². The number of rotatable bonds is 6. The molecule has 1 aromatic rings. The predicted octanol–water partition coefficient (Wildman–Crippen LogP) is 2.45. The van der Waals surface area contributed by atoms with Gasteiger partial charge in [-0.1, -0.05) is 13.3 Å². The van der Waals surface area contributed by atoms with Gasteiger partial charge in [-0.05, 0) is 20.3 Å². The van der Waals surface area contributed by atoms with Crippen LogP contribution in [0.2, 0.25) is 0 Å². The van der Waals surface area contributed by atoms with E-state index in [2.05, 4.69) is 17.2 Å². The molecule has 1 N–H and O–H groups in total. The van der Waals surface area contributed by atoms with Crippen molar-refractivity contribution in [2.75, 3.05) is 11.9 Å². The zero-order valence-corrected chi connectivity index (χ0v) is 9.95. The maximum Gasteiger partial charge on any atom is 0.360 e. The van der Waals surface area contributed by atoms with E-state index in [0.717, 1.165) is 12.8 Å². The quantitative estimate of drug-likeness (QED) is 0.755. The number of carbonyl (C=O) groups excluding carboxylic acids is 1. The lowest BCUT2D eigenvalue weighted by Gasteiger charge is -2.09. The normalized spacial score (nSPS) is 12.2. The third-order valence-corrected chi connectivity index (χ3v) is 2.08. The second-order valence-electron chi connectivity index (χ2n) is 3.59. The van der Waals surface area contributed by atoms with Crippen molar-refractivity contribution in [2.24, 2.45) is 0 Å². The predicted molar refractivity (Wildman–Crippen MR) is 60.5 cm³/mol. The van der Waals surface area contributed by atoms with E-state index in [9.17, 15) is 4.79 Å². The van der Waals surface area contributed by atoms with Crippen LogP contribution in [0.4, 0.5) is 6.01 Å². The Labute approximate surface area is 95.2 Å². The number of hydrogen-bond donors (Lipinski definition) is 1. The summed E-state index contributed by atoms with van der Waals surface area (Å²) in [6.07, 6.45) is 3.41. The summed E-state index contributed by atoms with van der Waals surface area (Å²) in [4.78, 5) is 15.3. The van der Waals surface area contributed by atoms with Gasteiger partial charge in [-0.2, -0.15) is 4.98 Å². The van der Waals surface area contributed by atoms with Gasteiger partial charge in [0, 0.05) is 6.04 Å². The minimum Gasteiger partial charge on any atom is -0.461 e. The third-order valence-electron chi connectivity index (χ3n) is 2.08. The summed E-state index contributed by atoms with van der Waals surface area (Å²) >= 11 is 0. The van der Waals surface area contributed by atoms with E-state index in [4.69, 9.17) is 9.15 Å². The van der Waals surface area contributed by atoms with Crippen LogP contribution in [0.3, 0.4) is 0 Å². The van der Waals surface area contributed by atoms with Gasteiger partial charge < -0.3 is 14.5 Å². The standard InChI is InChI=1S/C11H18N2O3/c1-4-6-8(3)12-11-13-9(7-16-11)10(14)15-5-2/h7-8H,4-6H2,1-3H3,(H,12,13). The molecule has 0 saturated carbocycles. The number of hydrogen-bond acceptors (Lipinski definition) is 5. The van der Waals surface area contributed by atoms with Crippen LogP contribution >= 0.6 is 0 Å². The van der Waals surface area contributed by atoms with E-state index in [0.29, 0.717) is 12.6 Å². The van der Waals surface area contributed by atoms with Gasteiger partial charge in [0.15, 0.2) is 5.69 Å². The Balaban J connectivity index is 2.54. The van der Waals surface area contributed by atoms with Crippen LogP contribution in [0.5, 0.6) is 0 Å². The van der Waals surface area contributed by atoms with Gasteiger partial charge in [-0.3, -0.25) is 0 Å².